The van der Waals surface area contributed by atoms with Gasteiger partial charge in [-0.05, 0) is 37.1 Å². The van der Waals surface area contributed by atoms with E-state index in [0.717, 1.165) is 48.7 Å². The summed E-state index contributed by atoms with van der Waals surface area (Å²) in [6.07, 6.45) is 3.94. The van der Waals surface area contributed by atoms with Crippen LogP contribution in [0.2, 0.25) is 0 Å². The van der Waals surface area contributed by atoms with Gasteiger partial charge in [0.05, 0.1) is 12.3 Å². The Morgan fingerprint density at radius 1 is 1.10 bits per heavy atom. The highest BCUT2D eigenvalue weighted by atomic mass is 16.5. The normalized spacial score (nSPS) is 10.3. The van der Waals surface area contributed by atoms with E-state index in [1.54, 1.807) is 0 Å². The average Bonchev–Trinajstić information content (AvgIpc) is 2.51. The molecule has 0 spiro atoms. The summed E-state index contributed by atoms with van der Waals surface area (Å²) in [7, 11) is 0. The van der Waals surface area contributed by atoms with Crippen LogP contribution in [0.4, 0.5) is 5.69 Å². The summed E-state index contributed by atoms with van der Waals surface area (Å²) in [5.41, 5.74) is 3.08. The molecule has 2 rings (SSSR count). The van der Waals surface area contributed by atoms with Crippen molar-refractivity contribution < 1.29 is 4.74 Å². The van der Waals surface area contributed by atoms with Crippen molar-refractivity contribution in [3.05, 3.63) is 42.6 Å². The lowest BCUT2D eigenvalue weighted by Crippen LogP contribution is -2.01. The highest BCUT2D eigenvalue weighted by molar-refractivity contribution is 5.69. The third-order valence-electron chi connectivity index (χ3n) is 2.96. The third-order valence-corrected chi connectivity index (χ3v) is 2.96. The molecule has 1 N–H and O–H groups in total. The van der Waals surface area contributed by atoms with Gasteiger partial charge < -0.3 is 10.1 Å². The van der Waals surface area contributed by atoms with E-state index in [4.69, 9.17) is 4.74 Å². The Morgan fingerprint density at radius 3 is 2.75 bits per heavy atom. The molecule has 20 heavy (non-hydrogen) atoms. The van der Waals surface area contributed by atoms with Crippen molar-refractivity contribution in [2.75, 3.05) is 18.5 Å². The Bertz CT molecular complexity index is 540. The lowest BCUT2D eigenvalue weighted by Gasteiger charge is -2.11. The maximum atomic E-state index is 5.80. The van der Waals surface area contributed by atoms with Gasteiger partial charge in [-0.1, -0.05) is 26.0 Å². The number of nitrogens with zero attached hydrogens (tertiary/aromatic N) is 1. The zero-order valence-electron chi connectivity index (χ0n) is 12.2. The van der Waals surface area contributed by atoms with E-state index in [-0.39, 0.29) is 0 Å². The largest absolute Gasteiger partial charge is 0.493 e. The maximum absolute atomic E-state index is 5.80. The lowest BCUT2D eigenvalue weighted by molar-refractivity contribution is 0.318. The number of ether oxygens (including phenoxy) is 1. The van der Waals surface area contributed by atoms with Crippen molar-refractivity contribution in [2.45, 2.75) is 26.7 Å². The SMILES string of the molecule is CCCNc1ccnc(-c2ccccc2OCCC)c1. The van der Waals surface area contributed by atoms with Gasteiger partial charge in [-0.2, -0.15) is 0 Å². The van der Waals surface area contributed by atoms with Crippen LogP contribution in [-0.2, 0) is 0 Å². The van der Waals surface area contributed by atoms with Crippen LogP contribution in [0.1, 0.15) is 26.7 Å². The molecule has 0 aliphatic rings. The van der Waals surface area contributed by atoms with Crippen LogP contribution in [0, 0.1) is 0 Å². The van der Waals surface area contributed by atoms with Crippen molar-refractivity contribution in [1.82, 2.24) is 4.98 Å². The van der Waals surface area contributed by atoms with Gasteiger partial charge in [0.1, 0.15) is 5.75 Å². The molecule has 0 fully saturated rings. The van der Waals surface area contributed by atoms with Gasteiger partial charge in [-0.3, -0.25) is 4.98 Å². The molecular weight excluding hydrogens is 248 g/mol. The van der Waals surface area contributed by atoms with Gasteiger partial charge in [0.25, 0.3) is 0 Å². The van der Waals surface area contributed by atoms with E-state index in [9.17, 15) is 0 Å². The summed E-state index contributed by atoms with van der Waals surface area (Å²) in [5.74, 6) is 0.898. The summed E-state index contributed by atoms with van der Waals surface area (Å²) < 4.78 is 5.80. The quantitative estimate of drug-likeness (QED) is 0.811. The average molecular weight is 270 g/mol. The molecule has 1 heterocycles. The van der Waals surface area contributed by atoms with Gasteiger partial charge >= 0.3 is 0 Å². The molecule has 0 unspecified atom stereocenters. The zero-order valence-corrected chi connectivity index (χ0v) is 12.2. The van der Waals surface area contributed by atoms with Crippen LogP contribution < -0.4 is 10.1 Å². The smallest absolute Gasteiger partial charge is 0.128 e. The van der Waals surface area contributed by atoms with Crippen LogP contribution >= 0.6 is 0 Å². The fraction of sp³-hybridized carbons (Fsp3) is 0.353. The molecule has 1 aromatic carbocycles. The van der Waals surface area contributed by atoms with Crippen LogP contribution in [0.5, 0.6) is 5.75 Å². The number of rotatable bonds is 7. The monoisotopic (exact) mass is 270 g/mol. The van der Waals surface area contributed by atoms with Crippen molar-refractivity contribution >= 4 is 5.69 Å². The van der Waals surface area contributed by atoms with Crippen molar-refractivity contribution in [2.24, 2.45) is 0 Å². The minimum atomic E-state index is 0.727. The number of hydrogen-bond acceptors (Lipinski definition) is 3. The summed E-state index contributed by atoms with van der Waals surface area (Å²) in [6.45, 7) is 5.96. The Kier molecular flexibility index (Phi) is 5.42. The summed E-state index contributed by atoms with van der Waals surface area (Å²) in [6, 6.07) is 12.1. The maximum Gasteiger partial charge on any atom is 0.128 e. The van der Waals surface area contributed by atoms with Crippen LogP contribution in [0.3, 0.4) is 0 Å². The fourth-order valence-corrected chi connectivity index (χ4v) is 1.97. The van der Waals surface area contributed by atoms with E-state index in [0.29, 0.717) is 0 Å². The van der Waals surface area contributed by atoms with Crippen LogP contribution in [-0.4, -0.2) is 18.1 Å². The molecule has 3 heteroatoms. The van der Waals surface area contributed by atoms with Gasteiger partial charge in [0.15, 0.2) is 0 Å². The number of hydrogen-bond donors (Lipinski definition) is 1. The third kappa shape index (κ3) is 3.73. The first kappa shape index (κ1) is 14.4. The molecule has 0 atom stereocenters. The van der Waals surface area contributed by atoms with Crippen LogP contribution in [0.25, 0.3) is 11.3 Å². The van der Waals surface area contributed by atoms with E-state index in [1.807, 2.05) is 30.5 Å². The van der Waals surface area contributed by atoms with E-state index >= 15 is 0 Å². The molecule has 1 aromatic heterocycles. The van der Waals surface area contributed by atoms with Crippen molar-refractivity contribution in [3.63, 3.8) is 0 Å². The number of nitrogens with one attached hydrogen (secondary N) is 1. The molecule has 0 saturated carbocycles. The molecule has 0 bridgehead atoms. The molecule has 0 aliphatic heterocycles. The van der Waals surface area contributed by atoms with Crippen LogP contribution in [0.15, 0.2) is 42.6 Å². The molecule has 0 amide bonds. The minimum absolute atomic E-state index is 0.727. The summed E-state index contributed by atoms with van der Waals surface area (Å²) >= 11 is 0. The van der Waals surface area contributed by atoms with E-state index in [1.165, 1.54) is 0 Å². The summed E-state index contributed by atoms with van der Waals surface area (Å²) in [5, 5.41) is 3.39. The first-order valence-corrected chi connectivity index (χ1v) is 7.27. The molecule has 0 saturated heterocycles. The van der Waals surface area contributed by atoms with E-state index < -0.39 is 0 Å². The van der Waals surface area contributed by atoms with Gasteiger partial charge in [0, 0.05) is 24.0 Å². The standard InChI is InChI=1S/C17H22N2O/c1-3-10-18-14-9-11-19-16(13-14)15-7-5-6-8-17(15)20-12-4-2/h5-9,11,13H,3-4,10,12H2,1-2H3,(H,18,19). The molecule has 3 nitrogen and oxygen atoms in total. The number of benzene rings is 1. The first-order valence-electron chi connectivity index (χ1n) is 7.27. The van der Waals surface area contributed by atoms with Crippen molar-refractivity contribution in [1.29, 1.82) is 0 Å². The molecular formula is C17H22N2O. The van der Waals surface area contributed by atoms with Gasteiger partial charge in [0.2, 0.25) is 0 Å². The topological polar surface area (TPSA) is 34.2 Å². The number of aromatic nitrogens is 1. The molecule has 0 aliphatic carbocycles. The Balaban J connectivity index is 2.26. The van der Waals surface area contributed by atoms with E-state index in [2.05, 4.69) is 36.3 Å². The lowest BCUT2D eigenvalue weighted by atomic mass is 10.1. The van der Waals surface area contributed by atoms with Gasteiger partial charge in [-0.25, -0.2) is 0 Å². The Morgan fingerprint density at radius 2 is 1.95 bits per heavy atom. The first-order chi connectivity index (χ1) is 9.85. The number of para-hydroxylation sites is 1. The minimum Gasteiger partial charge on any atom is -0.493 e. The fourth-order valence-electron chi connectivity index (χ4n) is 1.97. The molecule has 106 valence electrons. The number of pyridine rings is 1. The summed E-state index contributed by atoms with van der Waals surface area (Å²) in [4.78, 5) is 4.47. The highest BCUT2D eigenvalue weighted by Gasteiger charge is 2.07. The van der Waals surface area contributed by atoms with Gasteiger partial charge in [-0.15, -0.1) is 0 Å². The second-order valence-corrected chi connectivity index (χ2v) is 4.70. The number of anilines is 1. The van der Waals surface area contributed by atoms with Crippen molar-refractivity contribution in [3.8, 4) is 17.0 Å². The highest BCUT2D eigenvalue weighted by Crippen LogP contribution is 2.29. The Labute approximate surface area is 121 Å². The Hall–Kier alpha value is -2.03. The second kappa shape index (κ2) is 7.53. The predicted octanol–water partition coefficient (Wildman–Crippen LogP) is 4.36. The predicted molar refractivity (Wildman–Crippen MR) is 84.2 cm³/mol. The second-order valence-electron chi connectivity index (χ2n) is 4.70. The zero-order chi connectivity index (χ0) is 14.2. The molecule has 0 radical (unpaired) electrons. The molecule has 2 aromatic rings.